The first kappa shape index (κ1) is 18.7. The molecule has 0 radical (unpaired) electrons. The van der Waals surface area contributed by atoms with E-state index in [1.54, 1.807) is 29.2 Å². The number of rotatable bonds is 5. The van der Waals surface area contributed by atoms with Crippen LogP contribution >= 0.6 is 15.9 Å². The lowest BCUT2D eigenvalue weighted by molar-refractivity contribution is -0.122. The Labute approximate surface area is 171 Å². The molecule has 1 saturated carbocycles. The van der Waals surface area contributed by atoms with Gasteiger partial charge < -0.3 is 15.5 Å². The van der Waals surface area contributed by atoms with Crippen molar-refractivity contribution in [3.05, 3.63) is 58.6 Å². The smallest absolute Gasteiger partial charge is 0.251 e. The molecular weight excluding hydrogens is 422 g/mol. The number of hydrogen-bond acceptors (Lipinski definition) is 3. The van der Waals surface area contributed by atoms with Crippen molar-refractivity contribution in [2.75, 3.05) is 16.8 Å². The molecule has 2 aliphatic rings. The van der Waals surface area contributed by atoms with Crippen LogP contribution in [0.15, 0.2) is 53.0 Å². The first-order valence-electron chi connectivity index (χ1n) is 9.28. The lowest BCUT2D eigenvalue weighted by atomic mass is 10.1. The van der Waals surface area contributed by atoms with Crippen LogP contribution in [-0.4, -0.2) is 30.3 Å². The molecule has 7 heteroatoms. The molecule has 2 N–H and O–H groups in total. The summed E-state index contributed by atoms with van der Waals surface area (Å²) < 4.78 is 0.818. The number of nitrogens with one attached hydrogen (secondary N) is 2. The molecule has 1 unspecified atom stereocenters. The third kappa shape index (κ3) is 4.09. The van der Waals surface area contributed by atoms with Crippen molar-refractivity contribution in [1.29, 1.82) is 0 Å². The van der Waals surface area contributed by atoms with Gasteiger partial charge in [-0.3, -0.25) is 14.4 Å². The topological polar surface area (TPSA) is 78.5 Å². The Balaban J connectivity index is 1.42. The number of anilines is 2. The highest BCUT2D eigenvalue weighted by molar-refractivity contribution is 9.10. The summed E-state index contributed by atoms with van der Waals surface area (Å²) in [6, 6.07) is 14.6. The van der Waals surface area contributed by atoms with E-state index in [9.17, 15) is 14.4 Å². The van der Waals surface area contributed by atoms with Crippen LogP contribution < -0.4 is 15.5 Å². The van der Waals surface area contributed by atoms with Crippen LogP contribution in [0, 0.1) is 5.92 Å². The van der Waals surface area contributed by atoms with Crippen LogP contribution in [0.2, 0.25) is 0 Å². The molecule has 0 bridgehead atoms. The first-order valence-corrected chi connectivity index (χ1v) is 10.1. The SMILES string of the molecule is O=C(NC1CC1)c1cccc(NC(=O)C2CC(=O)N(c3ccccc3Br)C2)c1. The van der Waals surface area contributed by atoms with Gasteiger partial charge in [0.15, 0.2) is 0 Å². The zero-order valence-corrected chi connectivity index (χ0v) is 16.7. The minimum atomic E-state index is -0.441. The minimum absolute atomic E-state index is 0.0791. The first-order chi connectivity index (χ1) is 13.5. The molecule has 0 spiro atoms. The number of carbonyl (C=O) groups excluding carboxylic acids is 3. The summed E-state index contributed by atoms with van der Waals surface area (Å²) in [5.41, 5.74) is 1.84. The average molecular weight is 442 g/mol. The van der Waals surface area contributed by atoms with Gasteiger partial charge in [0.2, 0.25) is 11.8 Å². The van der Waals surface area contributed by atoms with Crippen molar-refractivity contribution in [3.63, 3.8) is 0 Å². The molecule has 1 aliphatic heterocycles. The van der Waals surface area contributed by atoms with E-state index in [2.05, 4.69) is 26.6 Å². The highest BCUT2D eigenvalue weighted by atomic mass is 79.9. The van der Waals surface area contributed by atoms with Crippen LogP contribution in [0.1, 0.15) is 29.6 Å². The molecule has 144 valence electrons. The van der Waals surface area contributed by atoms with E-state index in [4.69, 9.17) is 0 Å². The molecule has 2 fully saturated rings. The van der Waals surface area contributed by atoms with Crippen LogP contribution in [0.25, 0.3) is 0 Å². The Morgan fingerprint density at radius 3 is 2.61 bits per heavy atom. The summed E-state index contributed by atoms with van der Waals surface area (Å²) in [5.74, 6) is -0.870. The second-order valence-electron chi connectivity index (χ2n) is 7.17. The fraction of sp³-hybridized carbons (Fsp3) is 0.286. The van der Waals surface area contributed by atoms with Crippen LogP contribution in [0.3, 0.4) is 0 Å². The van der Waals surface area contributed by atoms with Crippen molar-refractivity contribution < 1.29 is 14.4 Å². The quantitative estimate of drug-likeness (QED) is 0.746. The van der Waals surface area contributed by atoms with Gasteiger partial charge in [0.05, 0.1) is 11.6 Å². The van der Waals surface area contributed by atoms with Crippen LogP contribution in [0.4, 0.5) is 11.4 Å². The largest absolute Gasteiger partial charge is 0.349 e. The Morgan fingerprint density at radius 1 is 1.07 bits per heavy atom. The van der Waals surface area contributed by atoms with Gasteiger partial charge in [0.1, 0.15) is 0 Å². The second-order valence-corrected chi connectivity index (χ2v) is 8.03. The zero-order valence-electron chi connectivity index (χ0n) is 15.2. The number of carbonyl (C=O) groups is 3. The molecule has 4 rings (SSSR count). The van der Waals surface area contributed by atoms with Gasteiger partial charge in [-0.2, -0.15) is 0 Å². The van der Waals surface area contributed by atoms with E-state index < -0.39 is 5.92 Å². The minimum Gasteiger partial charge on any atom is -0.349 e. The highest BCUT2D eigenvalue weighted by Crippen LogP contribution is 2.31. The Bertz CT molecular complexity index is 942. The van der Waals surface area contributed by atoms with Gasteiger partial charge in [-0.1, -0.05) is 18.2 Å². The Hall–Kier alpha value is -2.67. The molecule has 1 heterocycles. The predicted octanol–water partition coefficient (Wildman–Crippen LogP) is 3.33. The van der Waals surface area contributed by atoms with Gasteiger partial charge in [0.25, 0.3) is 5.91 Å². The van der Waals surface area contributed by atoms with Gasteiger partial charge >= 0.3 is 0 Å². The van der Waals surface area contributed by atoms with Gasteiger partial charge in [-0.25, -0.2) is 0 Å². The zero-order chi connectivity index (χ0) is 19.7. The molecule has 3 amide bonds. The summed E-state index contributed by atoms with van der Waals surface area (Å²) in [6.45, 7) is 0.329. The van der Waals surface area contributed by atoms with Crippen LogP contribution in [0.5, 0.6) is 0 Å². The normalized spacial score (nSPS) is 18.8. The molecular formula is C21H20BrN3O3. The van der Waals surface area contributed by atoms with E-state index in [0.717, 1.165) is 23.0 Å². The van der Waals surface area contributed by atoms with Crippen molar-refractivity contribution in [2.45, 2.75) is 25.3 Å². The summed E-state index contributed by atoms with van der Waals surface area (Å²) in [5, 5.41) is 5.78. The number of halogens is 1. The number of benzene rings is 2. The van der Waals surface area contributed by atoms with Gasteiger partial charge in [-0.05, 0) is 59.1 Å². The maximum atomic E-state index is 12.7. The van der Waals surface area contributed by atoms with E-state index in [-0.39, 0.29) is 30.2 Å². The second kappa shape index (κ2) is 7.75. The summed E-state index contributed by atoms with van der Waals surface area (Å²) in [4.78, 5) is 38.9. The van der Waals surface area contributed by atoms with E-state index in [1.165, 1.54) is 0 Å². The van der Waals surface area contributed by atoms with Gasteiger partial charge in [0, 0.05) is 34.7 Å². The number of hydrogen-bond donors (Lipinski definition) is 2. The molecule has 1 aliphatic carbocycles. The average Bonchev–Trinajstić information content (AvgIpc) is 3.41. The Kier molecular flexibility index (Phi) is 5.17. The van der Waals surface area contributed by atoms with E-state index >= 15 is 0 Å². The highest BCUT2D eigenvalue weighted by Gasteiger charge is 2.35. The maximum Gasteiger partial charge on any atom is 0.251 e. The molecule has 1 atom stereocenters. The van der Waals surface area contributed by atoms with Crippen molar-refractivity contribution in [2.24, 2.45) is 5.92 Å². The monoisotopic (exact) mass is 441 g/mol. The maximum absolute atomic E-state index is 12.7. The van der Waals surface area contributed by atoms with Crippen molar-refractivity contribution >= 4 is 45.0 Å². The van der Waals surface area contributed by atoms with Crippen LogP contribution in [-0.2, 0) is 9.59 Å². The fourth-order valence-corrected chi connectivity index (χ4v) is 3.76. The third-order valence-corrected chi connectivity index (χ3v) is 5.61. The Morgan fingerprint density at radius 2 is 1.86 bits per heavy atom. The van der Waals surface area contributed by atoms with E-state index in [1.807, 2.05) is 24.3 Å². The molecule has 6 nitrogen and oxygen atoms in total. The molecule has 28 heavy (non-hydrogen) atoms. The molecule has 2 aromatic carbocycles. The van der Waals surface area contributed by atoms with Crippen molar-refractivity contribution in [3.8, 4) is 0 Å². The standard InChI is InChI=1S/C21H20BrN3O3/c22-17-6-1-2-7-18(17)25-12-14(11-19(25)26)21(28)24-16-5-3-4-13(10-16)20(27)23-15-8-9-15/h1-7,10,14-15H,8-9,11-12H2,(H,23,27)(H,24,28). The van der Waals surface area contributed by atoms with E-state index in [0.29, 0.717) is 17.8 Å². The number of amides is 3. The van der Waals surface area contributed by atoms with Gasteiger partial charge in [-0.15, -0.1) is 0 Å². The number of para-hydroxylation sites is 1. The third-order valence-electron chi connectivity index (χ3n) is 4.94. The summed E-state index contributed by atoms with van der Waals surface area (Å²) >= 11 is 3.46. The summed E-state index contributed by atoms with van der Waals surface area (Å²) in [7, 11) is 0. The molecule has 2 aromatic rings. The lowest BCUT2D eigenvalue weighted by Crippen LogP contribution is -2.28. The molecule has 1 saturated heterocycles. The summed E-state index contributed by atoms with van der Waals surface area (Å²) in [6.07, 6.45) is 2.20. The molecule has 0 aromatic heterocycles. The predicted molar refractivity (Wildman–Crippen MR) is 110 cm³/mol. The van der Waals surface area contributed by atoms with Crippen molar-refractivity contribution in [1.82, 2.24) is 5.32 Å². The number of nitrogens with zero attached hydrogens (tertiary/aromatic N) is 1. The fourth-order valence-electron chi connectivity index (χ4n) is 3.27. The lowest BCUT2D eigenvalue weighted by Gasteiger charge is -2.18.